The summed E-state index contributed by atoms with van der Waals surface area (Å²) < 4.78 is 0. The molecule has 168 valence electrons. The van der Waals surface area contributed by atoms with E-state index in [0.717, 1.165) is 26.7 Å². The first-order valence-electron chi connectivity index (χ1n) is 10.9. The fraction of sp³-hybridized carbons (Fsp3) is 0.320. The lowest BCUT2D eigenvalue weighted by atomic mass is 10.1. The minimum absolute atomic E-state index is 0.172. The predicted molar refractivity (Wildman–Crippen MR) is 129 cm³/mol. The van der Waals surface area contributed by atoms with Crippen molar-refractivity contribution in [2.45, 2.75) is 45.2 Å². The standard InChI is InChI=1S/C25H30N4O2S/c1-3-22(30)29-21(25(31)28-20(16-26)14-18-10-6-4-7-11-18)15-23-27-17(2)24(32-23)19-12-8-5-9-13-19/h4-13,20-21H,3,14-16,26H2,1-2H3,(H,28,31)(H,29,30)/t20-,21-/m0/s1. The number of hydrogen-bond acceptors (Lipinski definition) is 5. The predicted octanol–water partition coefficient (Wildman–Crippen LogP) is 3.24. The van der Waals surface area contributed by atoms with Crippen LogP contribution in [0, 0.1) is 6.92 Å². The molecule has 0 saturated carbocycles. The number of aryl methyl sites for hydroxylation is 1. The largest absolute Gasteiger partial charge is 0.350 e. The van der Waals surface area contributed by atoms with Crippen LogP contribution < -0.4 is 16.4 Å². The Kier molecular flexibility index (Phi) is 8.53. The number of nitrogens with zero attached hydrogens (tertiary/aromatic N) is 1. The van der Waals surface area contributed by atoms with Crippen LogP contribution in [0.15, 0.2) is 60.7 Å². The second kappa shape index (κ2) is 11.5. The van der Waals surface area contributed by atoms with Crippen molar-refractivity contribution < 1.29 is 9.59 Å². The quantitative estimate of drug-likeness (QED) is 0.442. The molecule has 0 bridgehead atoms. The average Bonchev–Trinajstić information content (AvgIpc) is 3.19. The lowest BCUT2D eigenvalue weighted by Gasteiger charge is -2.22. The van der Waals surface area contributed by atoms with E-state index in [-0.39, 0.29) is 17.9 Å². The molecule has 0 unspecified atom stereocenters. The normalized spacial score (nSPS) is 12.7. The van der Waals surface area contributed by atoms with E-state index in [9.17, 15) is 9.59 Å². The van der Waals surface area contributed by atoms with Crippen LogP contribution in [0.25, 0.3) is 10.4 Å². The lowest BCUT2D eigenvalue weighted by Crippen LogP contribution is -2.52. The van der Waals surface area contributed by atoms with Gasteiger partial charge in [-0.05, 0) is 24.5 Å². The molecular weight excluding hydrogens is 420 g/mol. The van der Waals surface area contributed by atoms with Gasteiger partial charge in [0.05, 0.1) is 15.6 Å². The fourth-order valence-corrected chi connectivity index (χ4v) is 4.59. The Morgan fingerprint density at radius 2 is 1.66 bits per heavy atom. The highest BCUT2D eigenvalue weighted by Crippen LogP contribution is 2.30. The molecule has 2 atom stereocenters. The first-order chi connectivity index (χ1) is 15.5. The van der Waals surface area contributed by atoms with Crippen LogP contribution in [0.5, 0.6) is 0 Å². The third-order valence-electron chi connectivity index (χ3n) is 5.18. The van der Waals surface area contributed by atoms with Crippen molar-refractivity contribution in [2.24, 2.45) is 5.73 Å². The molecule has 0 aliphatic carbocycles. The Morgan fingerprint density at radius 3 is 2.28 bits per heavy atom. The molecule has 32 heavy (non-hydrogen) atoms. The van der Waals surface area contributed by atoms with E-state index in [1.165, 1.54) is 0 Å². The van der Waals surface area contributed by atoms with Gasteiger partial charge in [0.15, 0.2) is 0 Å². The summed E-state index contributed by atoms with van der Waals surface area (Å²) >= 11 is 1.55. The molecular formula is C25H30N4O2S. The Hall–Kier alpha value is -3.03. The zero-order valence-electron chi connectivity index (χ0n) is 18.5. The minimum Gasteiger partial charge on any atom is -0.350 e. The fourth-order valence-electron chi connectivity index (χ4n) is 3.47. The van der Waals surface area contributed by atoms with Crippen LogP contribution in [0.1, 0.15) is 29.6 Å². The number of rotatable bonds is 10. The first-order valence-corrected chi connectivity index (χ1v) is 11.7. The number of nitrogens with two attached hydrogens (primary N) is 1. The summed E-state index contributed by atoms with van der Waals surface area (Å²) in [5, 5.41) is 6.68. The molecule has 0 aliphatic rings. The first kappa shape index (κ1) is 23.6. The number of benzene rings is 2. The Balaban J connectivity index is 1.74. The van der Waals surface area contributed by atoms with Crippen molar-refractivity contribution >= 4 is 23.2 Å². The molecule has 3 rings (SSSR count). The number of carbonyl (C=O) groups excluding carboxylic acids is 2. The van der Waals surface area contributed by atoms with Crippen molar-refractivity contribution in [3.63, 3.8) is 0 Å². The van der Waals surface area contributed by atoms with Gasteiger partial charge in [0.1, 0.15) is 6.04 Å². The molecule has 0 spiro atoms. The number of amides is 2. The molecule has 6 nitrogen and oxygen atoms in total. The monoisotopic (exact) mass is 450 g/mol. The van der Waals surface area contributed by atoms with Gasteiger partial charge >= 0.3 is 0 Å². The highest BCUT2D eigenvalue weighted by atomic mass is 32.1. The van der Waals surface area contributed by atoms with Crippen LogP contribution >= 0.6 is 11.3 Å². The van der Waals surface area contributed by atoms with E-state index in [2.05, 4.69) is 15.6 Å². The maximum atomic E-state index is 13.1. The summed E-state index contributed by atoms with van der Waals surface area (Å²) in [6, 6.07) is 19.0. The zero-order chi connectivity index (χ0) is 22.9. The molecule has 3 aromatic rings. The van der Waals surface area contributed by atoms with Gasteiger partial charge in [-0.2, -0.15) is 0 Å². The summed E-state index contributed by atoms with van der Waals surface area (Å²) in [7, 11) is 0. The number of carbonyl (C=O) groups is 2. The molecule has 7 heteroatoms. The molecule has 0 aliphatic heterocycles. The summed E-state index contributed by atoms with van der Waals surface area (Å²) in [6.07, 6.45) is 1.27. The Labute approximate surface area is 193 Å². The van der Waals surface area contributed by atoms with E-state index < -0.39 is 6.04 Å². The summed E-state index contributed by atoms with van der Waals surface area (Å²) in [5.74, 6) is -0.415. The highest BCUT2D eigenvalue weighted by molar-refractivity contribution is 7.15. The van der Waals surface area contributed by atoms with E-state index in [1.807, 2.05) is 67.6 Å². The van der Waals surface area contributed by atoms with E-state index in [0.29, 0.717) is 25.8 Å². The Bertz CT molecular complexity index is 1020. The van der Waals surface area contributed by atoms with Crippen molar-refractivity contribution in [1.29, 1.82) is 0 Å². The maximum Gasteiger partial charge on any atom is 0.243 e. The van der Waals surface area contributed by atoms with Crippen LogP contribution in [-0.4, -0.2) is 35.4 Å². The minimum atomic E-state index is -0.707. The van der Waals surface area contributed by atoms with Gasteiger partial charge in [0.25, 0.3) is 0 Å². The second-order valence-corrected chi connectivity index (χ2v) is 8.78. The average molecular weight is 451 g/mol. The highest BCUT2D eigenvalue weighted by Gasteiger charge is 2.25. The van der Waals surface area contributed by atoms with Crippen molar-refractivity contribution in [3.05, 3.63) is 76.9 Å². The number of hydrogen-bond donors (Lipinski definition) is 3. The number of thiazole rings is 1. The van der Waals surface area contributed by atoms with Gasteiger partial charge in [-0.1, -0.05) is 67.6 Å². The molecule has 2 amide bonds. The van der Waals surface area contributed by atoms with Gasteiger partial charge in [-0.25, -0.2) is 4.98 Å². The second-order valence-electron chi connectivity index (χ2n) is 7.70. The van der Waals surface area contributed by atoms with E-state index in [4.69, 9.17) is 5.73 Å². The van der Waals surface area contributed by atoms with Gasteiger partial charge in [-0.3, -0.25) is 9.59 Å². The summed E-state index contributed by atoms with van der Waals surface area (Å²) in [4.78, 5) is 31.0. The smallest absolute Gasteiger partial charge is 0.243 e. The molecule has 1 heterocycles. The zero-order valence-corrected chi connectivity index (χ0v) is 19.3. The topological polar surface area (TPSA) is 97.1 Å². The molecule has 4 N–H and O–H groups in total. The van der Waals surface area contributed by atoms with Gasteiger partial charge < -0.3 is 16.4 Å². The van der Waals surface area contributed by atoms with E-state index in [1.54, 1.807) is 18.3 Å². The van der Waals surface area contributed by atoms with Crippen molar-refractivity contribution in [1.82, 2.24) is 15.6 Å². The summed E-state index contributed by atoms with van der Waals surface area (Å²) in [5.41, 5.74) is 9.04. The number of nitrogens with one attached hydrogen (secondary N) is 2. The van der Waals surface area contributed by atoms with Crippen LogP contribution in [0.4, 0.5) is 0 Å². The van der Waals surface area contributed by atoms with Gasteiger partial charge in [-0.15, -0.1) is 11.3 Å². The number of aromatic nitrogens is 1. The van der Waals surface area contributed by atoms with Crippen molar-refractivity contribution in [2.75, 3.05) is 6.54 Å². The third kappa shape index (κ3) is 6.48. The van der Waals surface area contributed by atoms with Crippen LogP contribution in [0.2, 0.25) is 0 Å². The van der Waals surface area contributed by atoms with Crippen LogP contribution in [0.3, 0.4) is 0 Å². The third-order valence-corrected chi connectivity index (χ3v) is 6.41. The Morgan fingerprint density at radius 1 is 1.00 bits per heavy atom. The van der Waals surface area contributed by atoms with Crippen LogP contribution in [-0.2, 0) is 22.4 Å². The van der Waals surface area contributed by atoms with Gasteiger partial charge in [0.2, 0.25) is 11.8 Å². The lowest BCUT2D eigenvalue weighted by molar-refractivity contribution is -0.129. The molecule has 0 fully saturated rings. The molecule has 2 aromatic carbocycles. The molecule has 0 saturated heterocycles. The summed E-state index contributed by atoms with van der Waals surface area (Å²) in [6.45, 7) is 4.04. The SMILES string of the molecule is CCC(=O)N[C@@H](Cc1nc(C)c(-c2ccccc2)s1)C(=O)N[C@H](CN)Cc1ccccc1. The maximum absolute atomic E-state index is 13.1. The van der Waals surface area contributed by atoms with Gasteiger partial charge in [0, 0.05) is 25.4 Å². The molecule has 0 radical (unpaired) electrons. The van der Waals surface area contributed by atoms with E-state index >= 15 is 0 Å². The molecule has 1 aromatic heterocycles. The van der Waals surface area contributed by atoms with Crippen molar-refractivity contribution in [3.8, 4) is 10.4 Å².